The Morgan fingerprint density at radius 3 is 2.54 bits per heavy atom. The van der Waals surface area contributed by atoms with Crippen LogP contribution in [0.4, 0.5) is 0 Å². The molecule has 0 amide bonds. The van der Waals surface area contributed by atoms with E-state index in [1.54, 1.807) is 0 Å². The van der Waals surface area contributed by atoms with Crippen LogP contribution in [-0.4, -0.2) is 4.83 Å². The highest BCUT2D eigenvalue weighted by atomic mass is 79.9. The summed E-state index contributed by atoms with van der Waals surface area (Å²) in [6.07, 6.45) is 3.88. The second kappa shape index (κ2) is 3.45. The van der Waals surface area contributed by atoms with Gasteiger partial charge in [-0.1, -0.05) is 53.2 Å². The van der Waals surface area contributed by atoms with E-state index in [0.717, 1.165) is 4.83 Å². The van der Waals surface area contributed by atoms with Gasteiger partial charge in [-0.15, -0.1) is 0 Å². The monoisotopic (exact) mass is 238 g/mol. The van der Waals surface area contributed by atoms with Crippen LogP contribution in [-0.2, 0) is 6.42 Å². The third-order valence-electron chi connectivity index (χ3n) is 3.07. The maximum absolute atomic E-state index is 3.68. The predicted octanol–water partition coefficient (Wildman–Crippen LogP) is 3.79. The van der Waals surface area contributed by atoms with Crippen molar-refractivity contribution in [1.29, 1.82) is 0 Å². The first-order chi connectivity index (χ1) is 6.21. The topological polar surface area (TPSA) is 0 Å². The van der Waals surface area contributed by atoms with Crippen LogP contribution in [0.3, 0.4) is 0 Å². The molecule has 0 saturated heterocycles. The van der Waals surface area contributed by atoms with E-state index in [2.05, 4.69) is 53.2 Å². The van der Waals surface area contributed by atoms with E-state index in [4.69, 9.17) is 0 Å². The molecule has 1 fully saturated rings. The summed E-state index contributed by atoms with van der Waals surface area (Å²) in [5, 5.41) is 0. The molecule has 0 unspecified atom stereocenters. The minimum atomic E-state index is 0.579. The molecule has 0 spiro atoms. The van der Waals surface area contributed by atoms with E-state index in [-0.39, 0.29) is 0 Å². The largest absolute Gasteiger partial charge is 0.0885 e. The van der Waals surface area contributed by atoms with Gasteiger partial charge in [0.05, 0.1) is 0 Å². The fourth-order valence-corrected chi connectivity index (χ4v) is 2.65. The standard InChI is InChI=1S/C12H15Br/c1-12(9-11(12)13)8-7-10-5-3-2-4-6-10/h2-6,11H,7-9H2,1H3/t11-,12+/m1/s1. The summed E-state index contributed by atoms with van der Waals surface area (Å²) in [6, 6.07) is 10.8. The zero-order valence-corrected chi connectivity index (χ0v) is 9.55. The molecule has 0 aliphatic heterocycles. The zero-order chi connectivity index (χ0) is 9.31. The van der Waals surface area contributed by atoms with Crippen molar-refractivity contribution >= 4 is 15.9 Å². The summed E-state index contributed by atoms with van der Waals surface area (Å²) in [6.45, 7) is 2.37. The highest BCUT2D eigenvalue weighted by Gasteiger charge is 2.47. The first-order valence-corrected chi connectivity index (χ1v) is 5.80. The van der Waals surface area contributed by atoms with Crippen molar-refractivity contribution in [3.8, 4) is 0 Å². The molecule has 1 aromatic rings. The summed E-state index contributed by atoms with van der Waals surface area (Å²) < 4.78 is 0. The van der Waals surface area contributed by atoms with E-state index in [1.807, 2.05) is 0 Å². The van der Waals surface area contributed by atoms with Crippen LogP contribution in [0.1, 0.15) is 25.3 Å². The molecular weight excluding hydrogens is 224 g/mol. The van der Waals surface area contributed by atoms with Crippen LogP contribution in [0.5, 0.6) is 0 Å². The quantitative estimate of drug-likeness (QED) is 0.704. The average Bonchev–Trinajstić information content (AvgIpc) is 2.74. The molecule has 1 aliphatic rings. The van der Waals surface area contributed by atoms with Gasteiger partial charge in [0, 0.05) is 4.83 Å². The Kier molecular flexibility index (Phi) is 2.46. The zero-order valence-electron chi connectivity index (χ0n) is 7.96. The van der Waals surface area contributed by atoms with Gasteiger partial charge in [0.1, 0.15) is 0 Å². The molecule has 1 aromatic carbocycles. The lowest BCUT2D eigenvalue weighted by Crippen LogP contribution is -1.99. The van der Waals surface area contributed by atoms with Crippen molar-refractivity contribution in [2.75, 3.05) is 0 Å². The number of benzene rings is 1. The second-order valence-corrected chi connectivity index (χ2v) is 5.42. The number of hydrogen-bond donors (Lipinski definition) is 0. The molecule has 1 saturated carbocycles. The van der Waals surface area contributed by atoms with Crippen LogP contribution < -0.4 is 0 Å². The van der Waals surface area contributed by atoms with Crippen LogP contribution in [0, 0.1) is 5.41 Å². The minimum absolute atomic E-state index is 0.579. The molecule has 70 valence electrons. The Bertz CT molecular complexity index is 280. The molecule has 0 heterocycles. The van der Waals surface area contributed by atoms with E-state index >= 15 is 0 Å². The molecule has 13 heavy (non-hydrogen) atoms. The van der Waals surface area contributed by atoms with E-state index in [1.165, 1.54) is 24.8 Å². The smallest absolute Gasteiger partial charge is 0.0205 e. The number of aryl methyl sites for hydroxylation is 1. The van der Waals surface area contributed by atoms with Crippen molar-refractivity contribution in [1.82, 2.24) is 0 Å². The number of halogens is 1. The maximum atomic E-state index is 3.68. The molecule has 0 radical (unpaired) electrons. The Hall–Kier alpha value is -0.300. The van der Waals surface area contributed by atoms with Crippen LogP contribution in [0.15, 0.2) is 30.3 Å². The summed E-state index contributed by atoms with van der Waals surface area (Å²) >= 11 is 3.68. The van der Waals surface area contributed by atoms with Crippen LogP contribution in [0.2, 0.25) is 0 Å². The molecular formula is C12H15Br. The van der Waals surface area contributed by atoms with Gasteiger partial charge in [-0.2, -0.15) is 0 Å². The Morgan fingerprint density at radius 1 is 1.38 bits per heavy atom. The second-order valence-electron chi connectivity index (χ2n) is 4.31. The predicted molar refractivity (Wildman–Crippen MR) is 60.2 cm³/mol. The highest BCUT2D eigenvalue weighted by molar-refractivity contribution is 9.09. The summed E-state index contributed by atoms with van der Waals surface area (Å²) in [5.41, 5.74) is 2.05. The molecule has 2 rings (SSSR count). The summed E-state index contributed by atoms with van der Waals surface area (Å²) in [4.78, 5) is 0.767. The fraction of sp³-hybridized carbons (Fsp3) is 0.500. The van der Waals surface area contributed by atoms with E-state index in [0.29, 0.717) is 5.41 Å². The molecule has 0 N–H and O–H groups in total. The number of alkyl halides is 1. The fourth-order valence-electron chi connectivity index (χ4n) is 1.68. The lowest BCUT2D eigenvalue weighted by molar-refractivity contribution is 0.523. The van der Waals surface area contributed by atoms with Gasteiger partial charge in [0.2, 0.25) is 0 Å². The summed E-state index contributed by atoms with van der Waals surface area (Å²) in [7, 11) is 0. The maximum Gasteiger partial charge on any atom is 0.0205 e. The van der Waals surface area contributed by atoms with Crippen molar-refractivity contribution in [3.05, 3.63) is 35.9 Å². The van der Waals surface area contributed by atoms with Crippen molar-refractivity contribution in [2.24, 2.45) is 5.41 Å². The van der Waals surface area contributed by atoms with Gasteiger partial charge in [0.25, 0.3) is 0 Å². The Morgan fingerprint density at radius 2 is 2.00 bits per heavy atom. The van der Waals surface area contributed by atoms with Gasteiger partial charge >= 0.3 is 0 Å². The van der Waals surface area contributed by atoms with Crippen LogP contribution in [0.25, 0.3) is 0 Å². The molecule has 1 aliphatic carbocycles. The molecule has 0 nitrogen and oxygen atoms in total. The van der Waals surface area contributed by atoms with Gasteiger partial charge < -0.3 is 0 Å². The lowest BCUT2D eigenvalue weighted by atomic mass is 9.99. The first kappa shape index (κ1) is 9.26. The summed E-state index contributed by atoms with van der Waals surface area (Å²) in [5.74, 6) is 0. The first-order valence-electron chi connectivity index (χ1n) is 4.89. The number of rotatable bonds is 3. The normalized spacial score (nSPS) is 31.7. The van der Waals surface area contributed by atoms with Gasteiger partial charge in [-0.05, 0) is 30.2 Å². The van der Waals surface area contributed by atoms with Gasteiger partial charge in [0.15, 0.2) is 0 Å². The molecule has 0 bridgehead atoms. The molecule has 0 aromatic heterocycles. The molecule has 2 atom stereocenters. The third-order valence-corrected chi connectivity index (χ3v) is 4.50. The van der Waals surface area contributed by atoms with Crippen LogP contribution >= 0.6 is 15.9 Å². The van der Waals surface area contributed by atoms with E-state index < -0.39 is 0 Å². The van der Waals surface area contributed by atoms with Crippen molar-refractivity contribution in [3.63, 3.8) is 0 Å². The van der Waals surface area contributed by atoms with Crippen molar-refractivity contribution in [2.45, 2.75) is 31.0 Å². The minimum Gasteiger partial charge on any atom is -0.0885 e. The average molecular weight is 239 g/mol. The highest BCUT2D eigenvalue weighted by Crippen LogP contribution is 2.54. The SMILES string of the molecule is C[C@]1(CCc2ccccc2)C[C@H]1Br. The van der Waals surface area contributed by atoms with Crippen molar-refractivity contribution < 1.29 is 0 Å². The number of hydrogen-bond acceptors (Lipinski definition) is 0. The third kappa shape index (κ3) is 2.14. The van der Waals surface area contributed by atoms with E-state index in [9.17, 15) is 0 Å². The molecule has 1 heteroatoms. The lowest BCUT2D eigenvalue weighted by Gasteiger charge is -2.08. The van der Waals surface area contributed by atoms with Gasteiger partial charge in [-0.25, -0.2) is 0 Å². The Labute approximate surface area is 88.5 Å². The van der Waals surface area contributed by atoms with Gasteiger partial charge in [-0.3, -0.25) is 0 Å². The Balaban J connectivity index is 1.87.